The first-order chi connectivity index (χ1) is 16.9. The van der Waals surface area contributed by atoms with Gasteiger partial charge >= 0.3 is 0 Å². The maximum Gasteiger partial charge on any atom is 0.235 e. The molecule has 1 aliphatic carbocycles. The summed E-state index contributed by atoms with van der Waals surface area (Å²) in [5.74, 6) is 1.43. The highest BCUT2D eigenvalue weighted by Gasteiger charge is 2.26. The van der Waals surface area contributed by atoms with Gasteiger partial charge < -0.3 is 10.2 Å². The Morgan fingerprint density at radius 1 is 1.37 bits per heavy atom. The fraction of sp³-hybridized carbons (Fsp3) is 0.385. The van der Waals surface area contributed by atoms with Crippen LogP contribution >= 0.6 is 23.1 Å². The van der Waals surface area contributed by atoms with Crippen molar-refractivity contribution in [2.24, 2.45) is 5.92 Å². The van der Waals surface area contributed by atoms with E-state index in [-0.39, 0.29) is 11.7 Å². The minimum absolute atomic E-state index is 0.151. The van der Waals surface area contributed by atoms with E-state index in [0.29, 0.717) is 28.2 Å². The molecule has 3 aromatic rings. The third-order valence-corrected chi connectivity index (χ3v) is 8.45. The van der Waals surface area contributed by atoms with Crippen LogP contribution in [0.3, 0.4) is 0 Å². The molecule has 0 spiro atoms. The number of thioether (sulfide) groups is 1. The average Bonchev–Trinajstić information content (AvgIpc) is 3.42. The van der Waals surface area contributed by atoms with Gasteiger partial charge in [0.25, 0.3) is 0 Å². The normalized spacial score (nSPS) is 14.7. The zero-order valence-electron chi connectivity index (χ0n) is 20.4. The average molecular weight is 507 g/mol. The summed E-state index contributed by atoms with van der Waals surface area (Å²) < 4.78 is 1.96. The highest BCUT2D eigenvalue weighted by molar-refractivity contribution is 7.99. The molecule has 0 fully saturated rings. The molecule has 0 aliphatic heterocycles. The van der Waals surface area contributed by atoms with Crippen molar-refractivity contribution < 1.29 is 4.79 Å². The van der Waals surface area contributed by atoms with Gasteiger partial charge in [0.1, 0.15) is 11.1 Å². The number of hydrogen-bond acceptors (Lipinski definition) is 7. The van der Waals surface area contributed by atoms with Crippen LogP contribution in [-0.4, -0.2) is 40.5 Å². The maximum absolute atomic E-state index is 12.8. The van der Waals surface area contributed by atoms with Gasteiger partial charge in [0.05, 0.1) is 11.3 Å². The maximum atomic E-state index is 12.8. The Balaban J connectivity index is 1.46. The van der Waals surface area contributed by atoms with Crippen LogP contribution in [0.5, 0.6) is 0 Å². The smallest absolute Gasteiger partial charge is 0.235 e. The van der Waals surface area contributed by atoms with Crippen LogP contribution in [0.2, 0.25) is 0 Å². The monoisotopic (exact) mass is 506 g/mol. The number of anilines is 2. The number of carbonyl (C=O) groups is 1. The van der Waals surface area contributed by atoms with Crippen LogP contribution in [-0.2, 0) is 24.2 Å². The van der Waals surface area contributed by atoms with E-state index in [2.05, 4.69) is 35.1 Å². The van der Waals surface area contributed by atoms with Crippen LogP contribution in [0.4, 0.5) is 10.7 Å². The van der Waals surface area contributed by atoms with Crippen molar-refractivity contribution in [1.82, 2.24) is 14.8 Å². The second-order valence-corrected chi connectivity index (χ2v) is 10.9. The first kappa shape index (κ1) is 25.0. The number of rotatable bonds is 9. The topological polar surface area (TPSA) is 86.8 Å². The number of fused-ring (bicyclic) bond motifs is 1. The van der Waals surface area contributed by atoms with Gasteiger partial charge in [-0.2, -0.15) is 5.26 Å². The number of aromatic nitrogens is 3. The number of nitrogens with one attached hydrogen (secondary N) is 1. The Labute approximate surface area is 214 Å². The number of benzene rings is 1. The van der Waals surface area contributed by atoms with E-state index in [1.54, 1.807) is 17.4 Å². The van der Waals surface area contributed by atoms with Crippen molar-refractivity contribution in [2.45, 2.75) is 44.3 Å². The number of nitriles is 1. The summed E-state index contributed by atoms with van der Waals surface area (Å²) in [5.41, 5.74) is 3.82. The Hall–Kier alpha value is -3.09. The lowest BCUT2D eigenvalue weighted by molar-refractivity contribution is -0.113. The first-order valence-electron chi connectivity index (χ1n) is 11.7. The quantitative estimate of drug-likeness (QED) is 0.310. The van der Waals surface area contributed by atoms with Crippen molar-refractivity contribution in [3.8, 4) is 17.5 Å². The van der Waals surface area contributed by atoms with E-state index in [4.69, 9.17) is 0 Å². The van der Waals surface area contributed by atoms with Gasteiger partial charge in [0.2, 0.25) is 5.91 Å². The van der Waals surface area contributed by atoms with E-state index in [1.807, 2.05) is 47.8 Å². The van der Waals surface area contributed by atoms with E-state index in [1.165, 1.54) is 16.6 Å². The van der Waals surface area contributed by atoms with Crippen LogP contribution in [0.15, 0.2) is 42.1 Å². The van der Waals surface area contributed by atoms with E-state index < -0.39 is 0 Å². The van der Waals surface area contributed by atoms with Gasteiger partial charge in [-0.1, -0.05) is 31.2 Å². The van der Waals surface area contributed by atoms with Crippen LogP contribution < -0.4 is 10.2 Å². The molecule has 1 aromatic carbocycles. The molecule has 182 valence electrons. The predicted octanol–water partition coefficient (Wildman–Crippen LogP) is 5.38. The van der Waals surface area contributed by atoms with E-state index in [9.17, 15) is 10.1 Å². The van der Waals surface area contributed by atoms with Crippen molar-refractivity contribution in [3.63, 3.8) is 0 Å². The van der Waals surface area contributed by atoms with Crippen molar-refractivity contribution in [2.75, 3.05) is 30.1 Å². The molecule has 1 atom stereocenters. The lowest BCUT2D eigenvalue weighted by atomic mass is 9.86. The highest BCUT2D eigenvalue weighted by Crippen LogP contribution is 2.40. The number of nitrogens with zero attached hydrogens (tertiary/aromatic N) is 5. The molecule has 0 saturated carbocycles. The molecule has 1 N–H and O–H groups in total. The summed E-state index contributed by atoms with van der Waals surface area (Å²) in [5, 5.41) is 22.8. The molecule has 1 amide bonds. The molecule has 7 nitrogen and oxygen atoms in total. The molecule has 35 heavy (non-hydrogen) atoms. The Morgan fingerprint density at radius 2 is 2.14 bits per heavy atom. The molecular weight excluding hydrogens is 476 g/mol. The van der Waals surface area contributed by atoms with Gasteiger partial charge in [-0.3, -0.25) is 9.36 Å². The largest absolute Gasteiger partial charge is 0.378 e. The minimum Gasteiger partial charge on any atom is -0.378 e. The number of hydrogen-bond donors (Lipinski definition) is 1. The summed E-state index contributed by atoms with van der Waals surface area (Å²) in [4.78, 5) is 16.1. The molecule has 0 radical (unpaired) electrons. The van der Waals surface area contributed by atoms with Crippen LogP contribution in [0.25, 0.3) is 11.4 Å². The number of thiophene rings is 1. The second-order valence-electron chi connectivity index (χ2n) is 8.82. The molecule has 1 aliphatic rings. The number of amides is 1. The number of allylic oxidation sites excluding steroid dienone is 1. The second kappa shape index (κ2) is 11.1. The summed E-state index contributed by atoms with van der Waals surface area (Å²) in [6.07, 6.45) is 5.96. The third-order valence-electron chi connectivity index (χ3n) is 6.31. The molecular formula is C26H30N6OS2. The van der Waals surface area contributed by atoms with Crippen LogP contribution in [0, 0.1) is 17.2 Å². The highest BCUT2D eigenvalue weighted by atomic mass is 32.2. The molecule has 1 unspecified atom stereocenters. The SMILES string of the molecule is C=CCn1c(SCC(=O)Nc2sc3c(c2C#N)CCC(CC)C3)nnc1-c1ccc(N(C)C)cc1. The van der Waals surface area contributed by atoms with Gasteiger partial charge in [0, 0.05) is 36.8 Å². The summed E-state index contributed by atoms with van der Waals surface area (Å²) in [6, 6.07) is 10.4. The summed E-state index contributed by atoms with van der Waals surface area (Å²) in [7, 11) is 4.00. The number of carbonyl (C=O) groups excluding carboxylic acids is 1. The standard InChI is InChI=1S/C26H30N6OS2/c1-5-13-32-24(18-8-10-19(11-9-18)31(3)4)29-30-26(32)34-16-23(33)28-25-21(15-27)20-12-7-17(6-2)14-22(20)35-25/h5,8-11,17H,1,6-7,12-14,16H2,2-4H3,(H,28,33). The van der Waals surface area contributed by atoms with Gasteiger partial charge in [0.15, 0.2) is 11.0 Å². The molecule has 2 aromatic heterocycles. The Kier molecular flexibility index (Phi) is 7.93. The van der Waals surface area contributed by atoms with Crippen molar-refractivity contribution >= 4 is 39.7 Å². The summed E-state index contributed by atoms with van der Waals surface area (Å²) in [6.45, 7) is 6.61. The lowest BCUT2D eigenvalue weighted by Crippen LogP contribution is -2.15. The molecule has 4 rings (SSSR count). The van der Waals surface area contributed by atoms with Crippen LogP contribution in [0.1, 0.15) is 35.8 Å². The predicted molar refractivity (Wildman–Crippen MR) is 144 cm³/mol. The van der Waals surface area contributed by atoms with E-state index >= 15 is 0 Å². The molecule has 0 saturated heterocycles. The Morgan fingerprint density at radius 3 is 2.80 bits per heavy atom. The van der Waals surface area contributed by atoms with E-state index in [0.717, 1.165) is 48.3 Å². The molecule has 9 heteroatoms. The fourth-order valence-corrected chi connectivity index (χ4v) is 6.39. The molecule has 2 heterocycles. The molecule has 0 bridgehead atoms. The fourth-order valence-electron chi connectivity index (χ4n) is 4.31. The Bertz CT molecular complexity index is 1250. The van der Waals surface area contributed by atoms with Crippen molar-refractivity contribution in [1.29, 1.82) is 5.26 Å². The minimum atomic E-state index is -0.151. The van der Waals surface area contributed by atoms with Gasteiger partial charge in [-0.15, -0.1) is 28.1 Å². The zero-order valence-corrected chi connectivity index (χ0v) is 22.0. The van der Waals surface area contributed by atoms with Crippen molar-refractivity contribution in [3.05, 3.63) is 52.9 Å². The summed E-state index contributed by atoms with van der Waals surface area (Å²) >= 11 is 2.89. The van der Waals surface area contributed by atoms with Gasteiger partial charge in [-0.05, 0) is 55.0 Å². The first-order valence-corrected chi connectivity index (χ1v) is 13.5. The lowest BCUT2D eigenvalue weighted by Gasteiger charge is -2.20. The third kappa shape index (κ3) is 5.44. The van der Waals surface area contributed by atoms with Gasteiger partial charge in [-0.25, -0.2) is 0 Å². The zero-order chi connectivity index (χ0) is 24.9.